The molecule has 0 radical (unpaired) electrons. The highest BCUT2D eigenvalue weighted by molar-refractivity contribution is 14.1. The van der Waals surface area contributed by atoms with E-state index in [0.717, 1.165) is 40.7 Å². The Morgan fingerprint density at radius 2 is 2.28 bits per heavy atom. The maximum Gasteiger partial charge on any atom is 0.246 e. The smallest absolute Gasteiger partial charge is 0.246 e. The van der Waals surface area contributed by atoms with Crippen LogP contribution in [0.4, 0.5) is 5.82 Å². The van der Waals surface area contributed by atoms with Gasteiger partial charge in [0.05, 0.1) is 11.4 Å². The van der Waals surface area contributed by atoms with Crippen molar-refractivity contribution in [2.45, 2.75) is 18.9 Å². The average Bonchev–Trinajstić information content (AvgIpc) is 2.93. The first-order valence-corrected chi connectivity index (χ1v) is 9.29. The zero-order valence-corrected chi connectivity index (χ0v) is 16.5. The minimum Gasteiger partial charge on any atom is -0.383 e. The zero-order chi connectivity index (χ0) is 18.0. The number of likely N-dealkylation sites (tertiary alicyclic amines) is 1. The van der Waals surface area contributed by atoms with Crippen LogP contribution in [0.15, 0.2) is 18.5 Å². The number of amides is 1. The van der Waals surface area contributed by atoms with Crippen LogP contribution in [0.5, 0.6) is 0 Å². The number of hydrogen-bond acceptors (Lipinski definition) is 6. The molecule has 0 unspecified atom stereocenters. The van der Waals surface area contributed by atoms with E-state index in [2.05, 4.69) is 37.7 Å². The maximum atomic E-state index is 12.4. The second-order valence-electron chi connectivity index (χ2n) is 6.44. The van der Waals surface area contributed by atoms with Crippen molar-refractivity contribution in [2.75, 3.05) is 39.5 Å². The molecule has 9 heteroatoms. The first-order chi connectivity index (χ1) is 12.0. The molecule has 3 rings (SSSR count). The highest BCUT2D eigenvalue weighted by atomic mass is 127. The van der Waals surface area contributed by atoms with Crippen LogP contribution in [0, 0.1) is 3.70 Å². The van der Waals surface area contributed by atoms with Gasteiger partial charge in [0.25, 0.3) is 0 Å². The van der Waals surface area contributed by atoms with Crippen LogP contribution < -0.4 is 5.73 Å². The van der Waals surface area contributed by atoms with Gasteiger partial charge in [-0.2, -0.15) is 5.10 Å². The Hall–Kier alpha value is -1.75. The van der Waals surface area contributed by atoms with Crippen LogP contribution in [0.25, 0.3) is 11.0 Å². The van der Waals surface area contributed by atoms with Gasteiger partial charge in [-0.25, -0.2) is 14.6 Å². The highest BCUT2D eigenvalue weighted by Crippen LogP contribution is 2.29. The fourth-order valence-corrected chi connectivity index (χ4v) is 3.78. The predicted octanol–water partition coefficient (Wildman–Crippen LogP) is 1.29. The third-order valence-corrected chi connectivity index (χ3v) is 5.02. The number of rotatable bonds is 4. The largest absolute Gasteiger partial charge is 0.383 e. The lowest BCUT2D eigenvalue weighted by Gasteiger charge is -2.32. The van der Waals surface area contributed by atoms with Crippen LogP contribution in [0.2, 0.25) is 0 Å². The normalized spacial score (nSPS) is 18.6. The van der Waals surface area contributed by atoms with Crippen LogP contribution in [-0.2, 0) is 4.79 Å². The van der Waals surface area contributed by atoms with E-state index >= 15 is 0 Å². The van der Waals surface area contributed by atoms with E-state index in [0.29, 0.717) is 12.4 Å². The van der Waals surface area contributed by atoms with Crippen molar-refractivity contribution in [2.24, 2.45) is 0 Å². The van der Waals surface area contributed by atoms with Gasteiger partial charge in [0.2, 0.25) is 5.91 Å². The van der Waals surface area contributed by atoms with Crippen molar-refractivity contribution >= 4 is 45.3 Å². The van der Waals surface area contributed by atoms with Gasteiger partial charge in [0.1, 0.15) is 15.8 Å². The second kappa shape index (κ2) is 7.65. The Balaban J connectivity index is 1.79. The third-order valence-electron chi connectivity index (χ3n) is 4.26. The standard InChI is InChI=1S/C16H22IN7O/c1-22(2)7-4-6-12(25)23-8-3-5-11(9-23)24-16-13(14(17)21-24)15(18)19-10-20-16/h4,6,10-11H,3,5,7-9H2,1-2H3,(H2,18,19,20)/b6-4+/t11-/m1/s1. The molecule has 1 aliphatic rings. The summed E-state index contributed by atoms with van der Waals surface area (Å²) < 4.78 is 2.69. The number of anilines is 1. The summed E-state index contributed by atoms with van der Waals surface area (Å²) in [6, 6.07) is 0.0975. The van der Waals surface area contributed by atoms with Crippen molar-refractivity contribution in [1.82, 2.24) is 29.5 Å². The molecule has 25 heavy (non-hydrogen) atoms. The van der Waals surface area contributed by atoms with Crippen molar-refractivity contribution in [3.63, 3.8) is 0 Å². The molecule has 2 aromatic heterocycles. The molecule has 2 aromatic rings. The maximum absolute atomic E-state index is 12.4. The van der Waals surface area contributed by atoms with Gasteiger partial charge >= 0.3 is 0 Å². The summed E-state index contributed by atoms with van der Waals surface area (Å²) in [5.74, 6) is 0.489. The molecule has 1 saturated heterocycles. The molecule has 3 heterocycles. The number of halogens is 1. The number of likely N-dealkylation sites (N-methyl/N-ethyl adjacent to an activating group) is 1. The van der Waals surface area contributed by atoms with Crippen molar-refractivity contribution in [1.29, 1.82) is 0 Å². The molecule has 0 aliphatic carbocycles. The molecule has 0 bridgehead atoms. The van der Waals surface area contributed by atoms with Gasteiger partial charge in [-0.3, -0.25) is 4.79 Å². The van der Waals surface area contributed by atoms with Gasteiger partial charge in [-0.15, -0.1) is 0 Å². The van der Waals surface area contributed by atoms with Gasteiger partial charge in [0.15, 0.2) is 5.65 Å². The Kier molecular flexibility index (Phi) is 5.52. The van der Waals surface area contributed by atoms with Gasteiger partial charge in [-0.1, -0.05) is 6.08 Å². The number of carbonyl (C=O) groups excluding carboxylic acids is 1. The molecule has 2 N–H and O–H groups in total. The van der Waals surface area contributed by atoms with Crippen molar-refractivity contribution in [3.05, 3.63) is 22.2 Å². The molecule has 0 aromatic carbocycles. The van der Waals surface area contributed by atoms with E-state index < -0.39 is 0 Å². The number of piperidine rings is 1. The van der Waals surface area contributed by atoms with E-state index in [1.54, 1.807) is 6.08 Å². The summed E-state index contributed by atoms with van der Waals surface area (Å²) in [5, 5.41) is 5.40. The van der Waals surface area contributed by atoms with E-state index in [1.807, 2.05) is 34.7 Å². The molecule has 1 atom stereocenters. The lowest BCUT2D eigenvalue weighted by molar-refractivity contribution is -0.127. The highest BCUT2D eigenvalue weighted by Gasteiger charge is 2.27. The van der Waals surface area contributed by atoms with E-state index in [-0.39, 0.29) is 11.9 Å². The van der Waals surface area contributed by atoms with Gasteiger partial charge in [0, 0.05) is 25.7 Å². The minimum absolute atomic E-state index is 0.0480. The molecular weight excluding hydrogens is 433 g/mol. The Labute approximate surface area is 160 Å². The second-order valence-corrected chi connectivity index (χ2v) is 7.46. The summed E-state index contributed by atoms with van der Waals surface area (Å²) in [6.45, 7) is 2.15. The van der Waals surface area contributed by atoms with Crippen molar-refractivity contribution in [3.8, 4) is 0 Å². The van der Waals surface area contributed by atoms with Gasteiger partial charge in [-0.05, 0) is 49.5 Å². The first-order valence-electron chi connectivity index (χ1n) is 8.21. The van der Waals surface area contributed by atoms with Crippen LogP contribution in [0.1, 0.15) is 18.9 Å². The Morgan fingerprint density at radius 1 is 1.48 bits per heavy atom. The molecule has 134 valence electrons. The number of nitrogens with zero attached hydrogens (tertiary/aromatic N) is 6. The number of fused-ring (bicyclic) bond motifs is 1. The van der Waals surface area contributed by atoms with E-state index in [4.69, 9.17) is 5.73 Å². The number of carbonyl (C=O) groups is 1. The van der Waals surface area contributed by atoms with E-state index in [1.165, 1.54) is 6.33 Å². The van der Waals surface area contributed by atoms with Gasteiger partial charge < -0.3 is 15.5 Å². The lowest BCUT2D eigenvalue weighted by Crippen LogP contribution is -2.40. The third kappa shape index (κ3) is 3.92. The fraction of sp³-hybridized carbons (Fsp3) is 0.500. The van der Waals surface area contributed by atoms with Crippen LogP contribution in [-0.4, -0.2) is 69.2 Å². The first kappa shape index (κ1) is 18.1. The number of nitrogens with two attached hydrogens (primary N) is 1. The summed E-state index contributed by atoms with van der Waals surface area (Å²) in [5.41, 5.74) is 6.70. The van der Waals surface area contributed by atoms with E-state index in [9.17, 15) is 4.79 Å². The number of hydrogen-bond donors (Lipinski definition) is 1. The lowest BCUT2D eigenvalue weighted by atomic mass is 10.1. The Morgan fingerprint density at radius 3 is 3.04 bits per heavy atom. The van der Waals surface area contributed by atoms with Crippen molar-refractivity contribution < 1.29 is 4.79 Å². The minimum atomic E-state index is 0.0480. The molecule has 1 amide bonds. The molecule has 8 nitrogen and oxygen atoms in total. The topological polar surface area (TPSA) is 93.2 Å². The Bertz CT molecular complexity index is 801. The monoisotopic (exact) mass is 455 g/mol. The molecule has 0 spiro atoms. The molecular formula is C16H22IN7O. The summed E-state index contributed by atoms with van der Waals surface area (Å²) in [4.78, 5) is 24.7. The predicted molar refractivity (Wildman–Crippen MR) is 105 cm³/mol. The molecule has 1 aliphatic heterocycles. The number of aromatic nitrogens is 4. The quantitative estimate of drug-likeness (QED) is 0.552. The fourth-order valence-electron chi connectivity index (χ4n) is 3.03. The average molecular weight is 455 g/mol. The van der Waals surface area contributed by atoms with Crippen LogP contribution >= 0.6 is 22.6 Å². The zero-order valence-electron chi connectivity index (χ0n) is 14.4. The summed E-state index contributed by atoms with van der Waals surface area (Å²) in [7, 11) is 3.95. The molecule has 0 saturated carbocycles. The number of nitrogen functional groups attached to an aromatic ring is 1. The summed E-state index contributed by atoms with van der Waals surface area (Å²) >= 11 is 2.16. The summed E-state index contributed by atoms with van der Waals surface area (Å²) in [6.07, 6.45) is 6.92. The molecule has 1 fully saturated rings. The van der Waals surface area contributed by atoms with Crippen LogP contribution in [0.3, 0.4) is 0 Å². The SMILES string of the molecule is CN(C)C/C=C/C(=O)N1CCC[C@@H](n2nc(I)c3c(N)ncnc32)C1.